The number of hydrogen-bond acceptors (Lipinski definition) is 3. The van der Waals surface area contributed by atoms with Gasteiger partial charge in [0, 0.05) is 32.7 Å². The number of nitrogens with zero attached hydrogens (tertiary/aromatic N) is 1. The fraction of sp³-hybridized carbons (Fsp3) is 0.409. The summed E-state index contributed by atoms with van der Waals surface area (Å²) in [6.07, 6.45) is 1.86. The molecule has 0 saturated heterocycles. The minimum Gasteiger partial charge on any atom is -0.396 e. The van der Waals surface area contributed by atoms with E-state index in [1.54, 1.807) is 7.05 Å². The molecule has 5 nitrogen and oxygen atoms in total. The van der Waals surface area contributed by atoms with Gasteiger partial charge in [0.1, 0.15) is 0 Å². The van der Waals surface area contributed by atoms with Gasteiger partial charge in [-0.1, -0.05) is 60.7 Å². The van der Waals surface area contributed by atoms with Crippen molar-refractivity contribution in [2.24, 2.45) is 4.99 Å². The normalized spacial score (nSPS) is 12.6. The summed E-state index contributed by atoms with van der Waals surface area (Å²) in [7, 11) is 1.75. The minimum atomic E-state index is 0.0473. The molecule has 2 aromatic carbocycles. The molecule has 0 aromatic heterocycles. The standard InChI is InChI=1S/C22H31N3O2/c1-23-22(25-17-21(18-26)20-11-6-3-7-12-20)24-14-8-15-27-16-13-19-9-4-2-5-10-19/h2-7,9-12,21,26H,8,13-18H2,1H3,(H2,23,24,25). The molecule has 0 aliphatic rings. The van der Waals surface area contributed by atoms with E-state index in [0.717, 1.165) is 44.1 Å². The van der Waals surface area contributed by atoms with E-state index in [-0.39, 0.29) is 12.5 Å². The van der Waals surface area contributed by atoms with Gasteiger partial charge in [-0.2, -0.15) is 0 Å². The lowest BCUT2D eigenvalue weighted by atomic mass is 10.0. The lowest BCUT2D eigenvalue weighted by molar-refractivity contribution is 0.135. The van der Waals surface area contributed by atoms with E-state index in [1.165, 1.54) is 5.56 Å². The SMILES string of the molecule is CN=C(NCCCOCCc1ccccc1)NCC(CO)c1ccccc1. The van der Waals surface area contributed by atoms with Crippen LogP contribution in [0.25, 0.3) is 0 Å². The van der Waals surface area contributed by atoms with Crippen LogP contribution in [-0.2, 0) is 11.2 Å². The summed E-state index contributed by atoms with van der Waals surface area (Å²) < 4.78 is 5.69. The van der Waals surface area contributed by atoms with E-state index in [4.69, 9.17) is 4.74 Å². The van der Waals surface area contributed by atoms with E-state index < -0.39 is 0 Å². The predicted molar refractivity (Wildman–Crippen MR) is 111 cm³/mol. The third kappa shape index (κ3) is 8.24. The Labute approximate surface area is 162 Å². The van der Waals surface area contributed by atoms with E-state index in [1.807, 2.05) is 36.4 Å². The van der Waals surface area contributed by atoms with Crippen LogP contribution >= 0.6 is 0 Å². The van der Waals surface area contributed by atoms with Crippen molar-refractivity contribution in [1.29, 1.82) is 0 Å². The van der Waals surface area contributed by atoms with Gasteiger partial charge in [0.2, 0.25) is 0 Å². The van der Waals surface area contributed by atoms with Crippen LogP contribution in [0.2, 0.25) is 0 Å². The minimum absolute atomic E-state index is 0.0473. The largest absolute Gasteiger partial charge is 0.396 e. The smallest absolute Gasteiger partial charge is 0.191 e. The highest BCUT2D eigenvalue weighted by molar-refractivity contribution is 5.79. The first kappa shape index (κ1) is 20.9. The van der Waals surface area contributed by atoms with Crippen molar-refractivity contribution < 1.29 is 9.84 Å². The number of aliphatic imine (C=N–C) groups is 1. The zero-order chi connectivity index (χ0) is 19.2. The average Bonchev–Trinajstić information content (AvgIpc) is 2.73. The fourth-order valence-corrected chi connectivity index (χ4v) is 2.77. The van der Waals surface area contributed by atoms with Crippen molar-refractivity contribution in [1.82, 2.24) is 10.6 Å². The van der Waals surface area contributed by atoms with Crippen molar-refractivity contribution in [2.45, 2.75) is 18.8 Å². The van der Waals surface area contributed by atoms with Gasteiger partial charge in [-0.05, 0) is 24.0 Å². The van der Waals surface area contributed by atoms with Gasteiger partial charge < -0.3 is 20.5 Å². The second kappa shape index (κ2) is 12.9. The van der Waals surface area contributed by atoms with Crippen LogP contribution in [0.1, 0.15) is 23.5 Å². The van der Waals surface area contributed by atoms with Gasteiger partial charge in [-0.15, -0.1) is 0 Å². The summed E-state index contributed by atoms with van der Waals surface area (Å²) in [5.74, 6) is 0.791. The summed E-state index contributed by atoms with van der Waals surface area (Å²) in [6.45, 7) is 2.99. The first-order valence-corrected chi connectivity index (χ1v) is 9.55. The molecule has 2 rings (SSSR count). The molecule has 0 heterocycles. The number of rotatable bonds is 11. The van der Waals surface area contributed by atoms with E-state index in [0.29, 0.717) is 6.54 Å². The fourth-order valence-electron chi connectivity index (χ4n) is 2.77. The van der Waals surface area contributed by atoms with Crippen LogP contribution < -0.4 is 10.6 Å². The second-order valence-electron chi connectivity index (χ2n) is 6.37. The number of aliphatic hydroxyl groups excluding tert-OH is 1. The molecular formula is C22H31N3O2. The summed E-state index contributed by atoms with van der Waals surface area (Å²) in [6, 6.07) is 20.4. The highest BCUT2D eigenvalue weighted by Gasteiger charge is 2.10. The monoisotopic (exact) mass is 369 g/mol. The topological polar surface area (TPSA) is 65.9 Å². The van der Waals surface area contributed by atoms with Crippen LogP contribution in [0.15, 0.2) is 65.7 Å². The number of guanidine groups is 1. The molecule has 0 bridgehead atoms. The Morgan fingerprint density at radius 3 is 2.37 bits per heavy atom. The lowest BCUT2D eigenvalue weighted by Crippen LogP contribution is -2.40. The molecule has 0 aliphatic heterocycles. The summed E-state index contributed by atoms with van der Waals surface area (Å²) in [5, 5.41) is 16.2. The van der Waals surface area contributed by atoms with E-state index >= 15 is 0 Å². The molecule has 0 spiro atoms. The van der Waals surface area contributed by atoms with Crippen LogP contribution in [0, 0.1) is 0 Å². The lowest BCUT2D eigenvalue weighted by Gasteiger charge is -2.18. The van der Waals surface area contributed by atoms with Gasteiger partial charge in [0.25, 0.3) is 0 Å². The molecule has 2 aromatic rings. The van der Waals surface area contributed by atoms with E-state index in [9.17, 15) is 5.11 Å². The van der Waals surface area contributed by atoms with Crippen molar-refractivity contribution in [2.75, 3.05) is 40.0 Å². The summed E-state index contributed by atoms with van der Waals surface area (Å²) in [5.41, 5.74) is 2.42. The molecular weight excluding hydrogens is 338 g/mol. The Balaban J connectivity index is 1.57. The van der Waals surface area contributed by atoms with Crippen molar-refractivity contribution in [3.63, 3.8) is 0 Å². The summed E-state index contributed by atoms with van der Waals surface area (Å²) >= 11 is 0. The zero-order valence-corrected chi connectivity index (χ0v) is 16.1. The maximum atomic E-state index is 9.63. The van der Waals surface area contributed by atoms with Gasteiger partial charge in [0.15, 0.2) is 5.96 Å². The number of nitrogens with one attached hydrogen (secondary N) is 2. The molecule has 3 N–H and O–H groups in total. The summed E-state index contributed by atoms with van der Waals surface area (Å²) in [4.78, 5) is 4.23. The maximum absolute atomic E-state index is 9.63. The first-order valence-electron chi connectivity index (χ1n) is 9.55. The molecule has 5 heteroatoms. The van der Waals surface area contributed by atoms with Crippen LogP contribution in [0.4, 0.5) is 0 Å². The molecule has 0 aliphatic carbocycles. The zero-order valence-electron chi connectivity index (χ0n) is 16.1. The third-order valence-corrected chi connectivity index (χ3v) is 4.37. The Bertz CT molecular complexity index is 647. The molecule has 0 radical (unpaired) electrons. The molecule has 1 unspecified atom stereocenters. The van der Waals surface area contributed by atoms with Gasteiger partial charge in [0.05, 0.1) is 13.2 Å². The molecule has 146 valence electrons. The van der Waals surface area contributed by atoms with Crippen LogP contribution in [-0.4, -0.2) is 51.0 Å². The second-order valence-corrected chi connectivity index (χ2v) is 6.37. The Hall–Kier alpha value is -2.37. The molecule has 27 heavy (non-hydrogen) atoms. The van der Waals surface area contributed by atoms with Crippen molar-refractivity contribution >= 4 is 5.96 Å². The van der Waals surface area contributed by atoms with Crippen molar-refractivity contribution in [3.8, 4) is 0 Å². The number of benzene rings is 2. The highest BCUT2D eigenvalue weighted by atomic mass is 16.5. The Morgan fingerprint density at radius 2 is 1.70 bits per heavy atom. The van der Waals surface area contributed by atoms with Gasteiger partial charge in [-0.3, -0.25) is 4.99 Å². The third-order valence-electron chi connectivity index (χ3n) is 4.37. The highest BCUT2D eigenvalue weighted by Crippen LogP contribution is 2.13. The number of aliphatic hydroxyl groups is 1. The quantitative estimate of drug-likeness (QED) is 0.324. The van der Waals surface area contributed by atoms with Gasteiger partial charge in [-0.25, -0.2) is 0 Å². The molecule has 0 saturated carbocycles. The Morgan fingerprint density at radius 1 is 1.00 bits per heavy atom. The number of ether oxygens (including phenoxy) is 1. The van der Waals surface area contributed by atoms with Crippen molar-refractivity contribution in [3.05, 3.63) is 71.8 Å². The maximum Gasteiger partial charge on any atom is 0.191 e. The molecule has 0 amide bonds. The van der Waals surface area contributed by atoms with Crippen LogP contribution in [0.5, 0.6) is 0 Å². The Kier molecular flexibility index (Phi) is 10.0. The van der Waals surface area contributed by atoms with Gasteiger partial charge >= 0.3 is 0 Å². The first-order chi connectivity index (χ1) is 13.3. The van der Waals surface area contributed by atoms with E-state index in [2.05, 4.69) is 39.9 Å². The number of hydrogen-bond donors (Lipinski definition) is 3. The molecule has 0 fully saturated rings. The van der Waals surface area contributed by atoms with Crippen LogP contribution in [0.3, 0.4) is 0 Å². The molecule has 1 atom stereocenters. The average molecular weight is 370 g/mol. The predicted octanol–water partition coefficient (Wildman–Crippen LogP) is 2.58.